The second-order valence-corrected chi connectivity index (χ2v) is 5.95. The minimum Gasteiger partial charge on any atom is -0.457 e. The summed E-state index contributed by atoms with van der Waals surface area (Å²) in [5.74, 6) is 1.32. The minimum atomic E-state index is -0.382. The standard InChI is InChI=1S/C22H16FNO3/c23-17-8-4-7-16(12-17)22-20(14-25)21(24-27-22)15-6-5-11-19(13-15)26-18-9-2-1-3-10-18/h1-13,25H,14H2. The minimum absolute atomic E-state index is 0.283. The maximum absolute atomic E-state index is 13.5. The van der Waals surface area contributed by atoms with Gasteiger partial charge in [0.05, 0.1) is 12.2 Å². The van der Waals surface area contributed by atoms with Gasteiger partial charge < -0.3 is 14.4 Å². The lowest BCUT2D eigenvalue weighted by Gasteiger charge is -2.07. The molecule has 5 heteroatoms. The smallest absolute Gasteiger partial charge is 0.173 e. The Balaban J connectivity index is 1.71. The largest absolute Gasteiger partial charge is 0.457 e. The molecule has 27 heavy (non-hydrogen) atoms. The van der Waals surface area contributed by atoms with Gasteiger partial charge in [-0.3, -0.25) is 0 Å². The predicted molar refractivity (Wildman–Crippen MR) is 99.8 cm³/mol. The summed E-state index contributed by atoms with van der Waals surface area (Å²) in [5.41, 5.74) is 2.25. The highest BCUT2D eigenvalue weighted by atomic mass is 19.1. The van der Waals surface area contributed by atoms with Crippen molar-refractivity contribution in [1.82, 2.24) is 5.16 Å². The zero-order valence-electron chi connectivity index (χ0n) is 14.3. The van der Waals surface area contributed by atoms with Crippen LogP contribution in [0.15, 0.2) is 83.4 Å². The monoisotopic (exact) mass is 361 g/mol. The number of halogens is 1. The highest BCUT2D eigenvalue weighted by Crippen LogP contribution is 2.34. The molecule has 1 aromatic heterocycles. The van der Waals surface area contributed by atoms with E-state index in [0.29, 0.717) is 28.3 Å². The van der Waals surface area contributed by atoms with Crippen LogP contribution in [0.25, 0.3) is 22.6 Å². The molecule has 0 spiro atoms. The predicted octanol–water partition coefficient (Wildman–Crippen LogP) is 5.43. The molecule has 4 aromatic rings. The first-order chi connectivity index (χ1) is 13.2. The summed E-state index contributed by atoms with van der Waals surface area (Å²) in [4.78, 5) is 0. The lowest BCUT2D eigenvalue weighted by atomic mass is 10.0. The lowest BCUT2D eigenvalue weighted by Crippen LogP contribution is -1.90. The molecule has 0 bridgehead atoms. The molecule has 0 saturated carbocycles. The highest BCUT2D eigenvalue weighted by molar-refractivity contribution is 5.73. The van der Waals surface area contributed by atoms with E-state index in [-0.39, 0.29) is 12.4 Å². The maximum Gasteiger partial charge on any atom is 0.173 e. The van der Waals surface area contributed by atoms with E-state index in [2.05, 4.69) is 5.16 Å². The third-order valence-corrected chi connectivity index (χ3v) is 4.12. The molecular formula is C22H16FNO3. The van der Waals surface area contributed by atoms with Crippen molar-refractivity contribution in [3.8, 4) is 34.1 Å². The van der Waals surface area contributed by atoms with E-state index in [0.717, 1.165) is 11.3 Å². The van der Waals surface area contributed by atoms with E-state index in [1.807, 2.05) is 54.6 Å². The first-order valence-corrected chi connectivity index (χ1v) is 8.43. The summed E-state index contributed by atoms with van der Waals surface area (Å²) in [6.07, 6.45) is 0. The number of aliphatic hydroxyl groups excluding tert-OH is 1. The molecule has 0 atom stereocenters. The maximum atomic E-state index is 13.5. The van der Waals surface area contributed by atoms with E-state index >= 15 is 0 Å². The van der Waals surface area contributed by atoms with Gasteiger partial charge in [-0.1, -0.05) is 47.6 Å². The van der Waals surface area contributed by atoms with E-state index < -0.39 is 0 Å². The molecule has 0 aliphatic rings. The van der Waals surface area contributed by atoms with Crippen LogP contribution in [-0.4, -0.2) is 10.3 Å². The topological polar surface area (TPSA) is 55.5 Å². The van der Waals surface area contributed by atoms with Crippen LogP contribution in [0.3, 0.4) is 0 Å². The summed E-state index contributed by atoms with van der Waals surface area (Å²) in [5, 5.41) is 14.0. The number of para-hydroxylation sites is 1. The molecule has 1 heterocycles. The van der Waals surface area contributed by atoms with Crippen LogP contribution in [0.4, 0.5) is 4.39 Å². The fraction of sp³-hybridized carbons (Fsp3) is 0.0455. The summed E-state index contributed by atoms with van der Waals surface area (Å²) in [7, 11) is 0. The van der Waals surface area contributed by atoms with Gasteiger partial charge in [0.15, 0.2) is 5.76 Å². The Labute approximate surface area is 155 Å². The molecule has 0 amide bonds. The number of aliphatic hydroxyl groups is 1. The van der Waals surface area contributed by atoms with Crippen molar-refractivity contribution in [2.45, 2.75) is 6.61 Å². The average Bonchev–Trinajstić information content (AvgIpc) is 3.13. The fourth-order valence-electron chi connectivity index (χ4n) is 2.87. The van der Waals surface area contributed by atoms with E-state index in [1.165, 1.54) is 12.1 Å². The summed E-state index contributed by atoms with van der Waals surface area (Å²) in [6.45, 7) is -0.283. The van der Waals surface area contributed by atoms with Crippen LogP contribution in [-0.2, 0) is 6.61 Å². The number of rotatable bonds is 5. The molecule has 1 N–H and O–H groups in total. The van der Waals surface area contributed by atoms with Crippen LogP contribution < -0.4 is 4.74 Å². The van der Waals surface area contributed by atoms with Crippen LogP contribution in [0.1, 0.15) is 5.56 Å². The summed E-state index contributed by atoms with van der Waals surface area (Å²) < 4.78 is 24.8. The van der Waals surface area contributed by atoms with Gasteiger partial charge in [-0.15, -0.1) is 0 Å². The Kier molecular flexibility index (Phi) is 4.68. The average molecular weight is 361 g/mol. The van der Waals surface area contributed by atoms with E-state index in [9.17, 15) is 9.50 Å². The van der Waals surface area contributed by atoms with E-state index in [1.54, 1.807) is 12.1 Å². The van der Waals surface area contributed by atoms with Gasteiger partial charge in [-0.05, 0) is 36.4 Å². The first-order valence-electron chi connectivity index (χ1n) is 8.43. The lowest BCUT2D eigenvalue weighted by molar-refractivity contribution is 0.281. The molecule has 0 radical (unpaired) electrons. The highest BCUT2D eigenvalue weighted by Gasteiger charge is 2.19. The first kappa shape index (κ1) is 17.0. The Bertz CT molecular complexity index is 1060. The number of nitrogens with zero attached hydrogens (tertiary/aromatic N) is 1. The molecule has 0 aliphatic carbocycles. The number of hydrogen-bond donors (Lipinski definition) is 1. The number of aromatic nitrogens is 1. The SMILES string of the molecule is OCc1c(-c2cccc(Oc3ccccc3)c2)noc1-c1cccc(F)c1. The molecule has 0 aliphatic heterocycles. The molecule has 4 nitrogen and oxygen atoms in total. The van der Waals surface area contributed by atoms with Gasteiger partial charge >= 0.3 is 0 Å². The quantitative estimate of drug-likeness (QED) is 0.515. The molecular weight excluding hydrogens is 345 g/mol. The van der Waals surface area contributed by atoms with Crippen molar-refractivity contribution >= 4 is 0 Å². The Morgan fingerprint density at radius 2 is 1.59 bits per heavy atom. The van der Waals surface area contributed by atoms with Gasteiger partial charge in [0.1, 0.15) is 23.0 Å². The summed E-state index contributed by atoms with van der Waals surface area (Å²) >= 11 is 0. The summed E-state index contributed by atoms with van der Waals surface area (Å²) in [6, 6.07) is 22.8. The number of ether oxygens (including phenoxy) is 1. The number of benzene rings is 3. The van der Waals surface area contributed by atoms with Gasteiger partial charge in [-0.25, -0.2) is 4.39 Å². The second-order valence-electron chi connectivity index (χ2n) is 5.95. The van der Waals surface area contributed by atoms with E-state index in [4.69, 9.17) is 9.26 Å². The van der Waals surface area contributed by atoms with Gasteiger partial charge in [0.2, 0.25) is 0 Å². The molecule has 134 valence electrons. The van der Waals surface area contributed by atoms with Crippen LogP contribution in [0, 0.1) is 5.82 Å². The molecule has 4 rings (SSSR count). The van der Waals surface area contributed by atoms with Gasteiger partial charge in [0, 0.05) is 11.1 Å². The second kappa shape index (κ2) is 7.43. The molecule has 3 aromatic carbocycles. The Morgan fingerprint density at radius 3 is 2.37 bits per heavy atom. The van der Waals surface area contributed by atoms with Gasteiger partial charge in [-0.2, -0.15) is 0 Å². The molecule has 0 fully saturated rings. The third-order valence-electron chi connectivity index (χ3n) is 4.12. The third kappa shape index (κ3) is 3.59. The van der Waals surface area contributed by atoms with Crippen LogP contribution in [0.2, 0.25) is 0 Å². The van der Waals surface area contributed by atoms with Crippen LogP contribution >= 0.6 is 0 Å². The molecule has 0 saturated heterocycles. The zero-order valence-corrected chi connectivity index (χ0v) is 14.3. The zero-order chi connectivity index (χ0) is 18.6. The van der Waals surface area contributed by atoms with Crippen molar-refractivity contribution in [1.29, 1.82) is 0 Å². The molecule has 0 unspecified atom stereocenters. The normalized spacial score (nSPS) is 10.7. The van der Waals surface area contributed by atoms with Gasteiger partial charge in [0.25, 0.3) is 0 Å². The van der Waals surface area contributed by atoms with Crippen molar-refractivity contribution < 1.29 is 18.8 Å². The number of hydrogen-bond acceptors (Lipinski definition) is 4. The van der Waals surface area contributed by atoms with Crippen molar-refractivity contribution in [3.05, 3.63) is 90.2 Å². The van der Waals surface area contributed by atoms with Crippen LogP contribution in [0.5, 0.6) is 11.5 Å². The van der Waals surface area contributed by atoms with Crippen molar-refractivity contribution in [3.63, 3.8) is 0 Å². The Hall–Kier alpha value is -3.44. The fourth-order valence-corrected chi connectivity index (χ4v) is 2.87. The Morgan fingerprint density at radius 1 is 0.852 bits per heavy atom. The van der Waals surface area contributed by atoms with Crippen molar-refractivity contribution in [2.75, 3.05) is 0 Å². The van der Waals surface area contributed by atoms with Crippen molar-refractivity contribution in [2.24, 2.45) is 0 Å².